The SMILES string of the molecule is Cc1ccccc1-c1ccc2nc(NCCN3CCOCC3)ncc2c1. The monoisotopic (exact) mass is 348 g/mol. The van der Waals surface area contributed by atoms with E-state index < -0.39 is 0 Å². The Balaban J connectivity index is 1.46. The largest absolute Gasteiger partial charge is 0.379 e. The molecule has 0 unspecified atom stereocenters. The van der Waals surface area contributed by atoms with Gasteiger partial charge in [-0.15, -0.1) is 0 Å². The van der Waals surface area contributed by atoms with Crippen molar-refractivity contribution in [2.75, 3.05) is 44.7 Å². The zero-order valence-electron chi connectivity index (χ0n) is 15.1. The fraction of sp³-hybridized carbons (Fsp3) is 0.333. The summed E-state index contributed by atoms with van der Waals surface area (Å²) in [4.78, 5) is 11.5. The van der Waals surface area contributed by atoms with Crippen LogP contribution in [-0.4, -0.2) is 54.3 Å². The van der Waals surface area contributed by atoms with Crippen LogP contribution in [0.1, 0.15) is 5.56 Å². The van der Waals surface area contributed by atoms with Gasteiger partial charge in [-0.1, -0.05) is 30.3 Å². The van der Waals surface area contributed by atoms with E-state index in [9.17, 15) is 0 Å². The van der Waals surface area contributed by atoms with Crippen molar-refractivity contribution in [3.05, 3.63) is 54.2 Å². The van der Waals surface area contributed by atoms with Crippen molar-refractivity contribution < 1.29 is 4.74 Å². The number of aryl methyl sites for hydroxylation is 1. The van der Waals surface area contributed by atoms with E-state index in [2.05, 4.69) is 69.6 Å². The number of nitrogens with zero attached hydrogens (tertiary/aromatic N) is 3. The molecule has 3 aromatic rings. The first-order valence-electron chi connectivity index (χ1n) is 9.16. The molecule has 1 fully saturated rings. The van der Waals surface area contributed by atoms with Gasteiger partial charge in [0.25, 0.3) is 0 Å². The summed E-state index contributed by atoms with van der Waals surface area (Å²) in [6.45, 7) is 7.62. The quantitative estimate of drug-likeness (QED) is 0.766. The van der Waals surface area contributed by atoms with Crippen LogP contribution in [0.4, 0.5) is 5.95 Å². The van der Waals surface area contributed by atoms with E-state index in [4.69, 9.17) is 4.74 Å². The Hall–Kier alpha value is -2.50. The smallest absolute Gasteiger partial charge is 0.223 e. The van der Waals surface area contributed by atoms with Crippen LogP contribution in [0.25, 0.3) is 22.0 Å². The predicted molar refractivity (Wildman–Crippen MR) is 105 cm³/mol. The summed E-state index contributed by atoms with van der Waals surface area (Å²) < 4.78 is 5.37. The predicted octanol–water partition coefficient (Wildman–Crippen LogP) is 3.35. The van der Waals surface area contributed by atoms with Gasteiger partial charge < -0.3 is 10.1 Å². The van der Waals surface area contributed by atoms with Crippen LogP contribution in [-0.2, 0) is 4.74 Å². The summed E-state index contributed by atoms with van der Waals surface area (Å²) in [6.07, 6.45) is 1.90. The van der Waals surface area contributed by atoms with E-state index in [1.54, 1.807) is 0 Å². The zero-order valence-corrected chi connectivity index (χ0v) is 15.1. The molecular formula is C21H24N4O. The van der Waals surface area contributed by atoms with Gasteiger partial charge >= 0.3 is 0 Å². The maximum absolute atomic E-state index is 5.37. The second-order valence-corrected chi connectivity index (χ2v) is 6.66. The fourth-order valence-electron chi connectivity index (χ4n) is 3.33. The number of rotatable bonds is 5. The molecule has 1 aliphatic rings. The number of nitrogens with one attached hydrogen (secondary N) is 1. The number of morpholine rings is 1. The standard InChI is InChI=1S/C21H24N4O/c1-16-4-2-3-5-19(16)17-6-7-20-18(14-17)15-23-21(24-20)22-8-9-25-10-12-26-13-11-25/h2-7,14-15H,8-13H2,1H3,(H,22,23,24). The Morgan fingerprint density at radius 2 is 1.96 bits per heavy atom. The molecule has 0 amide bonds. The molecule has 26 heavy (non-hydrogen) atoms. The Morgan fingerprint density at radius 1 is 1.12 bits per heavy atom. The number of hydrogen-bond donors (Lipinski definition) is 1. The molecule has 0 bridgehead atoms. The van der Waals surface area contributed by atoms with E-state index in [1.807, 2.05) is 6.20 Å². The second-order valence-electron chi connectivity index (χ2n) is 6.66. The molecule has 2 aromatic carbocycles. The van der Waals surface area contributed by atoms with Crippen molar-refractivity contribution in [2.45, 2.75) is 6.92 Å². The van der Waals surface area contributed by atoms with Gasteiger partial charge in [-0.05, 0) is 35.7 Å². The van der Waals surface area contributed by atoms with E-state index in [-0.39, 0.29) is 0 Å². The van der Waals surface area contributed by atoms with Crippen molar-refractivity contribution >= 4 is 16.9 Å². The minimum absolute atomic E-state index is 0.689. The first kappa shape index (κ1) is 16.9. The van der Waals surface area contributed by atoms with Crippen molar-refractivity contribution in [2.24, 2.45) is 0 Å². The summed E-state index contributed by atoms with van der Waals surface area (Å²) in [5.74, 6) is 0.689. The molecule has 0 aliphatic carbocycles. The average molecular weight is 348 g/mol. The van der Waals surface area contributed by atoms with Crippen molar-refractivity contribution in [1.29, 1.82) is 0 Å². The highest BCUT2D eigenvalue weighted by atomic mass is 16.5. The molecule has 4 rings (SSSR count). The van der Waals surface area contributed by atoms with E-state index >= 15 is 0 Å². The second kappa shape index (κ2) is 7.81. The van der Waals surface area contributed by atoms with E-state index in [0.717, 1.165) is 50.3 Å². The Kier molecular flexibility index (Phi) is 5.09. The molecule has 134 valence electrons. The molecule has 0 atom stereocenters. The Bertz CT molecular complexity index is 890. The number of anilines is 1. The molecule has 5 nitrogen and oxygen atoms in total. The van der Waals surface area contributed by atoms with Gasteiger partial charge in [0.2, 0.25) is 5.95 Å². The lowest BCUT2D eigenvalue weighted by molar-refractivity contribution is 0.0398. The third-order valence-corrected chi connectivity index (χ3v) is 4.85. The first-order chi connectivity index (χ1) is 12.8. The molecule has 0 spiro atoms. The number of fused-ring (bicyclic) bond motifs is 1. The van der Waals surface area contributed by atoms with Gasteiger partial charge in [0.1, 0.15) is 0 Å². The van der Waals surface area contributed by atoms with Gasteiger partial charge in [0, 0.05) is 37.8 Å². The lowest BCUT2D eigenvalue weighted by atomic mass is 9.99. The number of aromatic nitrogens is 2. The van der Waals surface area contributed by atoms with Crippen LogP contribution in [0, 0.1) is 6.92 Å². The highest BCUT2D eigenvalue weighted by molar-refractivity contribution is 5.85. The molecule has 0 saturated carbocycles. The normalized spacial score (nSPS) is 15.3. The first-order valence-corrected chi connectivity index (χ1v) is 9.16. The lowest BCUT2D eigenvalue weighted by Crippen LogP contribution is -2.39. The van der Waals surface area contributed by atoms with Gasteiger partial charge in [0.15, 0.2) is 0 Å². The summed E-state index contributed by atoms with van der Waals surface area (Å²) in [5, 5.41) is 4.39. The maximum Gasteiger partial charge on any atom is 0.223 e. The number of benzene rings is 2. The molecule has 1 N–H and O–H groups in total. The van der Waals surface area contributed by atoms with Gasteiger partial charge in [-0.2, -0.15) is 0 Å². The van der Waals surface area contributed by atoms with Gasteiger partial charge in [-0.3, -0.25) is 4.90 Å². The van der Waals surface area contributed by atoms with Gasteiger partial charge in [-0.25, -0.2) is 9.97 Å². The average Bonchev–Trinajstić information content (AvgIpc) is 2.69. The highest BCUT2D eigenvalue weighted by Crippen LogP contribution is 2.26. The molecule has 0 radical (unpaired) electrons. The number of ether oxygens (including phenoxy) is 1. The molecule has 5 heteroatoms. The summed E-state index contributed by atoms with van der Waals surface area (Å²) in [7, 11) is 0. The Labute approximate surface area is 154 Å². The summed E-state index contributed by atoms with van der Waals surface area (Å²) in [5.41, 5.74) is 4.69. The van der Waals surface area contributed by atoms with Crippen LogP contribution >= 0.6 is 0 Å². The molecule has 2 heterocycles. The minimum atomic E-state index is 0.689. The third-order valence-electron chi connectivity index (χ3n) is 4.85. The lowest BCUT2D eigenvalue weighted by Gasteiger charge is -2.26. The maximum atomic E-state index is 5.37. The Morgan fingerprint density at radius 3 is 2.81 bits per heavy atom. The minimum Gasteiger partial charge on any atom is -0.379 e. The molecule has 1 saturated heterocycles. The summed E-state index contributed by atoms with van der Waals surface area (Å²) in [6, 6.07) is 14.8. The van der Waals surface area contributed by atoms with Crippen molar-refractivity contribution in [3.63, 3.8) is 0 Å². The van der Waals surface area contributed by atoms with Crippen LogP contribution in [0.3, 0.4) is 0 Å². The van der Waals surface area contributed by atoms with Crippen LogP contribution in [0.15, 0.2) is 48.7 Å². The van der Waals surface area contributed by atoms with E-state index in [1.165, 1.54) is 16.7 Å². The van der Waals surface area contributed by atoms with E-state index in [0.29, 0.717) is 5.95 Å². The molecule has 1 aromatic heterocycles. The fourth-order valence-corrected chi connectivity index (χ4v) is 3.33. The number of hydrogen-bond acceptors (Lipinski definition) is 5. The van der Waals surface area contributed by atoms with Gasteiger partial charge in [0.05, 0.1) is 18.7 Å². The molecule has 1 aliphatic heterocycles. The van der Waals surface area contributed by atoms with Crippen molar-refractivity contribution in [3.8, 4) is 11.1 Å². The zero-order chi connectivity index (χ0) is 17.8. The van der Waals surface area contributed by atoms with Crippen LogP contribution in [0.5, 0.6) is 0 Å². The third kappa shape index (κ3) is 3.84. The van der Waals surface area contributed by atoms with Crippen LogP contribution in [0.2, 0.25) is 0 Å². The summed E-state index contributed by atoms with van der Waals surface area (Å²) >= 11 is 0. The highest BCUT2D eigenvalue weighted by Gasteiger charge is 2.10. The topological polar surface area (TPSA) is 50.3 Å². The van der Waals surface area contributed by atoms with Crippen molar-refractivity contribution in [1.82, 2.24) is 14.9 Å². The van der Waals surface area contributed by atoms with Crippen LogP contribution < -0.4 is 5.32 Å². The molecular weight excluding hydrogens is 324 g/mol.